The summed E-state index contributed by atoms with van der Waals surface area (Å²) in [6.45, 7) is 3.93. The average Bonchev–Trinajstić information content (AvgIpc) is 3.39. The summed E-state index contributed by atoms with van der Waals surface area (Å²) in [5, 5.41) is 7.09. The van der Waals surface area contributed by atoms with Crippen molar-refractivity contribution in [1.82, 2.24) is 9.78 Å². The molecule has 1 aliphatic heterocycles. The lowest BCUT2D eigenvalue weighted by molar-refractivity contribution is 0.0988. The van der Waals surface area contributed by atoms with Gasteiger partial charge in [-0.1, -0.05) is 18.2 Å². The molecule has 0 fully saturated rings. The molecular weight excluding hydrogens is 450 g/mol. The van der Waals surface area contributed by atoms with E-state index < -0.39 is 17.5 Å². The monoisotopic (exact) mass is 472 g/mol. The average molecular weight is 472 g/mol. The highest BCUT2D eigenvalue weighted by Crippen LogP contribution is 2.29. The zero-order valence-corrected chi connectivity index (χ0v) is 19.2. The van der Waals surface area contributed by atoms with Gasteiger partial charge in [0.15, 0.2) is 5.82 Å². The van der Waals surface area contributed by atoms with Crippen LogP contribution in [0.15, 0.2) is 66.7 Å². The van der Waals surface area contributed by atoms with Crippen molar-refractivity contribution >= 4 is 23.2 Å². The Kier molecular flexibility index (Phi) is 5.64. The van der Waals surface area contributed by atoms with Gasteiger partial charge in [0.25, 0.3) is 11.8 Å². The van der Waals surface area contributed by atoms with E-state index in [1.807, 2.05) is 24.3 Å². The molecule has 0 atom stereocenters. The predicted molar refractivity (Wildman–Crippen MR) is 129 cm³/mol. The minimum atomic E-state index is -0.775. The molecule has 6 nitrogen and oxygen atoms in total. The van der Waals surface area contributed by atoms with E-state index in [-0.39, 0.29) is 11.6 Å². The van der Waals surface area contributed by atoms with Crippen molar-refractivity contribution in [1.29, 1.82) is 0 Å². The maximum Gasteiger partial charge on any atom is 0.259 e. The van der Waals surface area contributed by atoms with E-state index in [9.17, 15) is 18.4 Å². The second-order valence-electron chi connectivity index (χ2n) is 8.42. The van der Waals surface area contributed by atoms with Gasteiger partial charge in [-0.15, -0.1) is 0 Å². The first kappa shape index (κ1) is 22.5. The Labute approximate surface area is 200 Å². The molecule has 8 heteroatoms. The van der Waals surface area contributed by atoms with Crippen LogP contribution in [0.3, 0.4) is 0 Å². The van der Waals surface area contributed by atoms with Crippen LogP contribution in [0.5, 0.6) is 0 Å². The fourth-order valence-corrected chi connectivity index (χ4v) is 4.45. The Morgan fingerprint density at radius 2 is 1.69 bits per heavy atom. The second-order valence-corrected chi connectivity index (χ2v) is 8.42. The van der Waals surface area contributed by atoms with Gasteiger partial charge >= 0.3 is 0 Å². The lowest BCUT2D eigenvalue weighted by Gasteiger charge is -2.17. The van der Waals surface area contributed by atoms with Crippen LogP contribution in [-0.2, 0) is 6.42 Å². The first-order valence-electron chi connectivity index (χ1n) is 11.2. The Hall–Kier alpha value is -4.33. The molecule has 5 rings (SSSR count). The second kappa shape index (κ2) is 8.79. The number of benzene rings is 3. The third kappa shape index (κ3) is 4.07. The van der Waals surface area contributed by atoms with Crippen molar-refractivity contribution < 1.29 is 18.4 Å². The van der Waals surface area contributed by atoms with Gasteiger partial charge in [-0.2, -0.15) is 5.10 Å². The van der Waals surface area contributed by atoms with Crippen molar-refractivity contribution in [3.05, 3.63) is 106 Å². The molecular formula is C27H22F2N4O2. The molecule has 0 aliphatic carbocycles. The summed E-state index contributed by atoms with van der Waals surface area (Å²) in [6.07, 6.45) is 0.824. The summed E-state index contributed by atoms with van der Waals surface area (Å²) in [6, 6.07) is 17.7. The molecule has 0 radical (unpaired) electrons. The topological polar surface area (TPSA) is 67.2 Å². The van der Waals surface area contributed by atoms with Gasteiger partial charge in [0, 0.05) is 29.5 Å². The zero-order valence-electron chi connectivity index (χ0n) is 19.2. The number of fused-ring (bicyclic) bond motifs is 1. The smallest absolute Gasteiger partial charge is 0.259 e. The maximum atomic E-state index is 14.3. The molecule has 0 bridgehead atoms. The number of nitrogens with zero attached hydrogens (tertiary/aromatic N) is 3. The standard InChI is InChI=1S/C27H22F2N4O2/c1-16-25(17(2)33(31-16)24-12-9-20(28)15-22(24)29)26(34)30-21-10-7-19(8-11-21)27(35)32-14-13-18-5-3-4-6-23(18)32/h3-12,15H,13-14H2,1-2H3,(H,30,34). The summed E-state index contributed by atoms with van der Waals surface area (Å²) < 4.78 is 28.8. The number of hydrogen-bond donors (Lipinski definition) is 1. The fraction of sp³-hybridized carbons (Fsp3) is 0.148. The van der Waals surface area contributed by atoms with Gasteiger partial charge < -0.3 is 10.2 Å². The van der Waals surface area contributed by atoms with Gasteiger partial charge in [0.1, 0.15) is 11.5 Å². The Morgan fingerprint density at radius 3 is 2.43 bits per heavy atom. The Balaban J connectivity index is 1.34. The third-order valence-corrected chi connectivity index (χ3v) is 6.18. The molecule has 2 heterocycles. The fourth-order valence-electron chi connectivity index (χ4n) is 4.45. The number of halogens is 2. The molecule has 2 amide bonds. The lowest BCUT2D eigenvalue weighted by Crippen LogP contribution is -2.28. The van der Waals surface area contributed by atoms with Gasteiger partial charge in [0.05, 0.1) is 17.0 Å². The van der Waals surface area contributed by atoms with E-state index in [1.54, 1.807) is 43.0 Å². The highest BCUT2D eigenvalue weighted by molar-refractivity contribution is 6.08. The summed E-state index contributed by atoms with van der Waals surface area (Å²) in [5.74, 6) is -1.98. The van der Waals surface area contributed by atoms with Gasteiger partial charge in [-0.3, -0.25) is 9.59 Å². The lowest BCUT2D eigenvalue weighted by atomic mass is 10.1. The van der Waals surface area contributed by atoms with Crippen molar-refractivity contribution in [3.8, 4) is 5.69 Å². The molecule has 0 saturated heterocycles. The minimum Gasteiger partial charge on any atom is -0.322 e. The first-order chi connectivity index (χ1) is 16.8. The Bertz CT molecular complexity index is 1460. The number of carbonyl (C=O) groups is 2. The molecule has 0 saturated carbocycles. The molecule has 3 aromatic carbocycles. The van der Waals surface area contributed by atoms with E-state index in [2.05, 4.69) is 10.4 Å². The number of anilines is 2. The molecule has 0 spiro atoms. The highest BCUT2D eigenvalue weighted by Gasteiger charge is 2.25. The minimum absolute atomic E-state index is 0.0531. The number of amides is 2. The summed E-state index contributed by atoms with van der Waals surface area (Å²) in [7, 11) is 0. The van der Waals surface area contributed by atoms with Crippen molar-refractivity contribution in [2.75, 3.05) is 16.8 Å². The van der Waals surface area contributed by atoms with E-state index in [4.69, 9.17) is 0 Å². The predicted octanol–water partition coefficient (Wildman–Crippen LogP) is 5.22. The van der Waals surface area contributed by atoms with E-state index in [0.29, 0.717) is 34.7 Å². The van der Waals surface area contributed by atoms with Crippen LogP contribution in [0.4, 0.5) is 20.2 Å². The molecule has 4 aromatic rings. The highest BCUT2D eigenvalue weighted by atomic mass is 19.1. The van der Waals surface area contributed by atoms with Crippen molar-refractivity contribution in [2.24, 2.45) is 0 Å². The van der Waals surface area contributed by atoms with Crippen LogP contribution in [-0.4, -0.2) is 28.1 Å². The largest absolute Gasteiger partial charge is 0.322 e. The van der Waals surface area contributed by atoms with Gasteiger partial charge in [0.2, 0.25) is 0 Å². The summed E-state index contributed by atoms with van der Waals surface area (Å²) >= 11 is 0. The van der Waals surface area contributed by atoms with Crippen LogP contribution < -0.4 is 10.2 Å². The number of rotatable bonds is 4. The SMILES string of the molecule is Cc1nn(-c2ccc(F)cc2F)c(C)c1C(=O)Nc1ccc(C(=O)N2CCc3ccccc32)cc1. The van der Waals surface area contributed by atoms with Crippen LogP contribution in [0.25, 0.3) is 5.69 Å². The summed E-state index contributed by atoms with van der Waals surface area (Å²) in [4.78, 5) is 27.8. The normalized spacial score (nSPS) is 12.5. The summed E-state index contributed by atoms with van der Waals surface area (Å²) in [5.41, 5.74) is 4.28. The van der Waals surface area contributed by atoms with Gasteiger partial charge in [-0.25, -0.2) is 13.5 Å². The van der Waals surface area contributed by atoms with E-state index in [1.165, 1.54) is 10.7 Å². The number of nitrogens with one attached hydrogen (secondary N) is 1. The van der Waals surface area contributed by atoms with Gasteiger partial charge in [-0.05, 0) is 68.3 Å². The molecule has 0 unspecified atom stereocenters. The number of hydrogen-bond acceptors (Lipinski definition) is 3. The number of carbonyl (C=O) groups excluding carboxylic acids is 2. The number of aromatic nitrogens is 2. The number of para-hydroxylation sites is 1. The molecule has 1 aromatic heterocycles. The van der Waals surface area contributed by atoms with Crippen molar-refractivity contribution in [2.45, 2.75) is 20.3 Å². The molecule has 35 heavy (non-hydrogen) atoms. The maximum absolute atomic E-state index is 14.3. The first-order valence-corrected chi connectivity index (χ1v) is 11.2. The van der Waals surface area contributed by atoms with Crippen LogP contribution in [0.1, 0.15) is 37.7 Å². The third-order valence-electron chi connectivity index (χ3n) is 6.18. The Morgan fingerprint density at radius 1 is 0.943 bits per heavy atom. The molecule has 1 aliphatic rings. The van der Waals surface area contributed by atoms with Crippen LogP contribution >= 0.6 is 0 Å². The van der Waals surface area contributed by atoms with Crippen LogP contribution in [0, 0.1) is 25.5 Å². The van der Waals surface area contributed by atoms with Crippen molar-refractivity contribution in [3.63, 3.8) is 0 Å². The molecule has 176 valence electrons. The van der Waals surface area contributed by atoms with Crippen LogP contribution in [0.2, 0.25) is 0 Å². The quantitative estimate of drug-likeness (QED) is 0.443. The molecule has 1 N–H and O–H groups in total. The van der Waals surface area contributed by atoms with E-state index >= 15 is 0 Å². The zero-order chi connectivity index (χ0) is 24.7. The van der Waals surface area contributed by atoms with E-state index in [0.717, 1.165) is 29.8 Å². The number of aryl methyl sites for hydroxylation is 1.